The van der Waals surface area contributed by atoms with Crippen LogP contribution in [0.5, 0.6) is 0 Å². The third-order valence-electron chi connectivity index (χ3n) is 5.83. The maximum absolute atomic E-state index is 5.95. The molecule has 0 aromatic carbocycles. The molecule has 5 heteroatoms. The Morgan fingerprint density at radius 3 is 2.48 bits per heavy atom. The molecule has 1 aliphatic heterocycles. The maximum atomic E-state index is 5.95. The van der Waals surface area contributed by atoms with Crippen LogP contribution in [0.25, 0.3) is 0 Å². The fraction of sp³-hybridized carbons (Fsp3) is 0.875. The summed E-state index contributed by atoms with van der Waals surface area (Å²) in [6.07, 6.45) is 5.36. The Morgan fingerprint density at radius 1 is 1.29 bits per heavy atom. The van der Waals surface area contributed by atoms with Gasteiger partial charge in [0.25, 0.3) is 0 Å². The van der Waals surface area contributed by atoms with Crippen molar-refractivity contribution in [1.82, 2.24) is 0 Å². The average molecular weight is 314 g/mol. The van der Waals surface area contributed by atoms with Crippen molar-refractivity contribution in [1.29, 1.82) is 0 Å². The zero-order valence-corrected chi connectivity index (χ0v) is 14.4. The van der Waals surface area contributed by atoms with Gasteiger partial charge in [-0.15, -0.1) is 0 Å². The molecule has 0 amide bonds. The Bertz CT molecular complexity index is 446. The zero-order valence-electron chi connectivity index (χ0n) is 13.6. The number of methoxy groups -OCH3 is 2. The molecule has 0 bridgehead atoms. The standard InChI is InChI=1S/C16H26O4S/c1-14(15(2)19-6-7-20-15)9-12-11(8-13(14)17-3)16(12,18-4)10-21-5/h8,11-12H,6-7,9-10H2,1-5H3/t11-,12+,14+,16-/m1/s1. The van der Waals surface area contributed by atoms with E-state index in [1.165, 1.54) is 0 Å². The van der Waals surface area contributed by atoms with Gasteiger partial charge in [-0.3, -0.25) is 0 Å². The molecular weight excluding hydrogens is 288 g/mol. The van der Waals surface area contributed by atoms with Crippen LogP contribution in [0.1, 0.15) is 20.3 Å². The van der Waals surface area contributed by atoms with Crippen LogP contribution in [0.15, 0.2) is 11.8 Å². The van der Waals surface area contributed by atoms with Gasteiger partial charge < -0.3 is 18.9 Å². The van der Waals surface area contributed by atoms with Crippen LogP contribution in [0.2, 0.25) is 0 Å². The van der Waals surface area contributed by atoms with Gasteiger partial charge in [0.15, 0.2) is 5.79 Å². The van der Waals surface area contributed by atoms with Crippen molar-refractivity contribution in [3.05, 3.63) is 11.8 Å². The molecule has 0 spiro atoms. The second-order valence-electron chi connectivity index (χ2n) is 6.64. The molecule has 1 saturated carbocycles. The van der Waals surface area contributed by atoms with Gasteiger partial charge >= 0.3 is 0 Å². The monoisotopic (exact) mass is 314 g/mol. The van der Waals surface area contributed by atoms with Crippen LogP contribution in [0, 0.1) is 17.3 Å². The Morgan fingerprint density at radius 2 is 1.95 bits per heavy atom. The van der Waals surface area contributed by atoms with Crippen molar-refractivity contribution in [3.63, 3.8) is 0 Å². The van der Waals surface area contributed by atoms with Crippen molar-refractivity contribution in [2.45, 2.75) is 31.7 Å². The molecule has 4 nitrogen and oxygen atoms in total. The molecule has 1 heterocycles. The second-order valence-corrected chi connectivity index (χ2v) is 7.50. The average Bonchev–Trinajstić information content (AvgIpc) is 2.82. The summed E-state index contributed by atoms with van der Waals surface area (Å²) in [4.78, 5) is 0. The molecule has 0 N–H and O–H groups in total. The summed E-state index contributed by atoms with van der Waals surface area (Å²) in [5.74, 6) is 2.35. The molecule has 120 valence electrons. The van der Waals surface area contributed by atoms with Crippen molar-refractivity contribution in [2.75, 3.05) is 39.4 Å². The molecule has 0 aromatic heterocycles. The van der Waals surface area contributed by atoms with Crippen LogP contribution >= 0.6 is 11.8 Å². The molecule has 0 radical (unpaired) electrons. The van der Waals surface area contributed by atoms with E-state index in [1.54, 1.807) is 7.11 Å². The van der Waals surface area contributed by atoms with E-state index in [0.29, 0.717) is 25.0 Å². The summed E-state index contributed by atoms with van der Waals surface area (Å²) in [6.45, 7) is 5.54. The highest BCUT2D eigenvalue weighted by atomic mass is 32.2. The molecular formula is C16H26O4S. The summed E-state index contributed by atoms with van der Waals surface area (Å²) >= 11 is 1.84. The quantitative estimate of drug-likeness (QED) is 0.780. The first-order valence-corrected chi connectivity index (χ1v) is 8.95. The highest BCUT2D eigenvalue weighted by Gasteiger charge is 2.70. The fourth-order valence-corrected chi connectivity index (χ4v) is 5.25. The van der Waals surface area contributed by atoms with Crippen LogP contribution in [0.4, 0.5) is 0 Å². The molecule has 2 aliphatic carbocycles. The highest BCUT2D eigenvalue weighted by Crippen LogP contribution is 2.66. The van der Waals surface area contributed by atoms with Crippen LogP contribution in [0.3, 0.4) is 0 Å². The predicted molar refractivity (Wildman–Crippen MR) is 83.2 cm³/mol. The van der Waals surface area contributed by atoms with Gasteiger partial charge in [-0.25, -0.2) is 0 Å². The summed E-state index contributed by atoms with van der Waals surface area (Å²) < 4.78 is 23.6. The van der Waals surface area contributed by atoms with Gasteiger partial charge in [-0.2, -0.15) is 11.8 Å². The number of fused-ring (bicyclic) bond motifs is 1. The molecule has 2 fully saturated rings. The fourth-order valence-electron chi connectivity index (χ4n) is 4.28. The molecule has 1 saturated heterocycles. The van der Waals surface area contributed by atoms with Gasteiger partial charge in [-0.05, 0) is 38.5 Å². The summed E-state index contributed by atoms with van der Waals surface area (Å²) in [5.41, 5.74) is -0.311. The number of rotatable bonds is 5. The van der Waals surface area contributed by atoms with E-state index in [2.05, 4.69) is 19.3 Å². The van der Waals surface area contributed by atoms with Crippen LogP contribution in [-0.2, 0) is 18.9 Å². The molecule has 0 aromatic rings. The first-order valence-electron chi connectivity index (χ1n) is 7.56. The molecule has 21 heavy (non-hydrogen) atoms. The maximum Gasteiger partial charge on any atom is 0.178 e. The van der Waals surface area contributed by atoms with Crippen molar-refractivity contribution in [2.24, 2.45) is 17.3 Å². The largest absolute Gasteiger partial charge is 0.501 e. The second kappa shape index (κ2) is 5.15. The number of hydrogen-bond donors (Lipinski definition) is 0. The minimum atomic E-state index is -0.610. The van der Waals surface area contributed by atoms with Gasteiger partial charge in [-0.1, -0.05) is 0 Å². The Labute approximate surface area is 131 Å². The van der Waals surface area contributed by atoms with E-state index in [-0.39, 0.29) is 11.0 Å². The highest BCUT2D eigenvalue weighted by molar-refractivity contribution is 7.98. The lowest BCUT2D eigenvalue weighted by molar-refractivity contribution is -0.222. The van der Waals surface area contributed by atoms with Crippen molar-refractivity contribution in [3.8, 4) is 0 Å². The lowest BCUT2D eigenvalue weighted by atomic mass is 9.72. The lowest BCUT2D eigenvalue weighted by Crippen LogP contribution is -2.48. The first kappa shape index (κ1) is 15.7. The van der Waals surface area contributed by atoms with E-state index in [4.69, 9.17) is 18.9 Å². The number of thioether (sulfide) groups is 1. The smallest absolute Gasteiger partial charge is 0.178 e. The predicted octanol–water partition coefficient (Wildman–Crippen LogP) is 2.68. The van der Waals surface area contributed by atoms with E-state index in [1.807, 2.05) is 25.8 Å². The minimum absolute atomic E-state index is 0.0457. The van der Waals surface area contributed by atoms with Gasteiger partial charge in [0.1, 0.15) is 5.76 Å². The van der Waals surface area contributed by atoms with E-state index >= 15 is 0 Å². The summed E-state index contributed by atoms with van der Waals surface area (Å²) in [7, 11) is 3.57. The Hall–Kier alpha value is -0.230. The molecule has 4 atom stereocenters. The first-order chi connectivity index (χ1) is 9.97. The van der Waals surface area contributed by atoms with Crippen molar-refractivity contribution >= 4 is 11.8 Å². The normalized spacial score (nSPS) is 44.1. The Kier molecular flexibility index (Phi) is 3.84. The number of ether oxygens (including phenoxy) is 4. The SMILES string of the molecule is COC1=C[C@@H]2[C@H](C[C@]1(C)C1(C)OCCO1)[C@]2(CSC)OC. The Balaban J connectivity index is 1.92. The topological polar surface area (TPSA) is 36.9 Å². The summed E-state index contributed by atoms with van der Waals surface area (Å²) in [5, 5.41) is 0. The minimum Gasteiger partial charge on any atom is -0.501 e. The lowest BCUT2D eigenvalue weighted by Gasteiger charge is -2.44. The molecule has 3 aliphatic rings. The van der Waals surface area contributed by atoms with Crippen LogP contribution < -0.4 is 0 Å². The van der Waals surface area contributed by atoms with Gasteiger partial charge in [0, 0.05) is 18.8 Å². The zero-order chi connectivity index (χ0) is 15.3. The van der Waals surface area contributed by atoms with Gasteiger partial charge in [0.2, 0.25) is 0 Å². The van der Waals surface area contributed by atoms with E-state index < -0.39 is 5.79 Å². The van der Waals surface area contributed by atoms with Crippen LogP contribution in [-0.4, -0.2) is 50.8 Å². The van der Waals surface area contributed by atoms with Crippen molar-refractivity contribution < 1.29 is 18.9 Å². The third kappa shape index (κ3) is 2.01. The number of hydrogen-bond acceptors (Lipinski definition) is 5. The molecule has 0 unspecified atom stereocenters. The van der Waals surface area contributed by atoms with E-state index in [9.17, 15) is 0 Å². The third-order valence-corrected chi connectivity index (χ3v) is 6.57. The summed E-state index contributed by atoms with van der Waals surface area (Å²) in [6, 6.07) is 0. The van der Waals surface area contributed by atoms with E-state index in [0.717, 1.165) is 17.9 Å². The van der Waals surface area contributed by atoms with Gasteiger partial charge in [0.05, 0.1) is 31.3 Å². The molecule has 3 rings (SSSR count).